The zero-order valence-corrected chi connectivity index (χ0v) is 21.5. The van der Waals surface area contributed by atoms with Crippen molar-refractivity contribution in [1.29, 1.82) is 0 Å². The van der Waals surface area contributed by atoms with Gasteiger partial charge in [0, 0.05) is 0 Å². The molecule has 0 aliphatic heterocycles. The van der Waals surface area contributed by atoms with E-state index >= 15 is 0 Å². The second-order valence-electron chi connectivity index (χ2n) is 8.92. The van der Waals surface area contributed by atoms with Crippen LogP contribution in [0.25, 0.3) is 0 Å². The molecule has 0 amide bonds. The number of rotatable bonds is 20. The number of unbranched alkanes of at least 4 members (excludes halogenated alkanes) is 11. The molecular formula is C26H53O2P. The monoisotopic (exact) mass is 428 g/mol. The Morgan fingerprint density at radius 1 is 0.621 bits per heavy atom. The molecule has 0 aromatic heterocycles. The summed E-state index contributed by atoms with van der Waals surface area (Å²) in [5.41, 5.74) is 0. The Kier molecular flexibility index (Phi) is 17.1. The molecule has 0 heterocycles. The normalized spacial score (nSPS) is 13.5. The summed E-state index contributed by atoms with van der Waals surface area (Å²) in [6.45, 7) is 8.87. The van der Waals surface area contributed by atoms with Crippen molar-refractivity contribution in [3.8, 4) is 0 Å². The maximum absolute atomic E-state index is 12.4. The van der Waals surface area contributed by atoms with Crippen LogP contribution in [0, 0.1) is 0 Å². The zero-order chi connectivity index (χ0) is 21.9. The van der Waals surface area contributed by atoms with E-state index in [1.54, 1.807) is 0 Å². The van der Waals surface area contributed by atoms with Crippen molar-refractivity contribution in [3.63, 3.8) is 0 Å². The molecule has 174 valence electrons. The molecule has 0 bridgehead atoms. The van der Waals surface area contributed by atoms with Crippen LogP contribution in [0.1, 0.15) is 125 Å². The Balaban J connectivity index is 3.70. The first-order valence-electron chi connectivity index (χ1n) is 12.9. The number of allylic oxidation sites excluding steroid dienone is 2. The first-order chi connectivity index (χ1) is 14.0. The third-order valence-electron chi connectivity index (χ3n) is 7.20. The summed E-state index contributed by atoms with van der Waals surface area (Å²) in [4.78, 5) is 12.4. The van der Waals surface area contributed by atoms with Gasteiger partial charge in [-0.25, -0.2) is 0 Å². The molecule has 29 heavy (non-hydrogen) atoms. The first kappa shape index (κ1) is 28.6. The summed E-state index contributed by atoms with van der Waals surface area (Å²) in [6, 6.07) is 0. The fourth-order valence-electron chi connectivity index (χ4n) is 4.27. The van der Waals surface area contributed by atoms with Crippen LogP contribution in [0.3, 0.4) is 0 Å². The quantitative estimate of drug-likeness (QED) is 0.110. The Bertz CT molecular complexity index is 403. The topological polar surface area (TPSA) is 26.3 Å². The molecule has 0 unspecified atom stereocenters. The van der Waals surface area contributed by atoms with Gasteiger partial charge in [0.25, 0.3) is 0 Å². The predicted octanol–water partition coefficient (Wildman–Crippen LogP) is 9.12. The Morgan fingerprint density at radius 3 is 1.48 bits per heavy atom. The molecule has 0 spiro atoms. The fourth-order valence-corrected chi connectivity index (χ4v) is 8.14. The number of hydrogen-bond acceptors (Lipinski definition) is 2. The standard InChI is InChI=1S/C26H53O2P/c1-6-11-12-13-14-15-16-17-18-19-20-21-22-23-24-25-26(27)28-29(7-2,8-3,9-4)10-5/h17-18H,6-16,19-25H2,1-5H3/b18-17-. The molecule has 0 radical (unpaired) electrons. The maximum atomic E-state index is 12.4. The van der Waals surface area contributed by atoms with Gasteiger partial charge in [0.15, 0.2) is 0 Å². The van der Waals surface area contributed by atoms with Gasteiger partial charge in [-0.05, 0) is 6.42 Å². The number of carbonyl (C=O) groups is 1. The van der Waals surface area contributed by atoms with Gasteiger partial charge < -0.3 is 0 Å². The Hall–Kier alpha value is -0.360. The molecule has 3 heteroatoms. The molecule has 0 aliphatic carbocycles. The zero-order valence-electron chi connectivity index (χ0n) is 20.6. The molecule has 0 fully saturated rings. The van der Waals surface area contributed by atoms with Crippen molar-refractivity contribution in [2.45, 2.75) is 125 Å². The third kappa shape index (κ3) is 12.2. The van der Waals surface area contributed by atoms with Gasteiger partial charge in [-0.1, -0.05) is 39.0 Å². The van der Waals surface area contributed by atoms with Crippen molar-refractivity contribution >= 4 is 12.8 Å². The summed E-state index contributed by atoms with van der Waals surface area (Å²) >= 11 is 0. The molecule has 0 aliphatic rings. The van der Waals surface area contributed by atoms with Crippen LogP contribution in [-0.2, 0) is 9.32 Å². The van der Waals surface area contributed by atoms with Gasteiger partial charge in [0.1, 0.15) is 0 Å². The van der Waals surface area contributed by atoms with E-state index in [-0.39, 0.29) is 5.97 Å². The van der Waals surface area contributed by atoms with Crippen LogP contribution in [0.2, 0.25) is 0 Å². The molecule has 0 N–H and O–H groups in total. The molecular weight excluding hydrogens is 375 g/mol. The molecule has 2 nitrogen and oxygen atoms in total. The Labute approximate surface area is 183 Å². The van der Waals surface area contributed by atoms with E-state index in [2.05, 4.69) is 46.8 Å². The summed E-state index contributed by atoms with van der Waals surface area (Å²) in [5, 5.41) is 0. The van der Waals surface area contributed by atoms with Crippen molar-refractivity contribution in [2.75, 3.05) is 24.6 Å². The molecule has 0 atom stereocenters. The van der Waals surface area contributed by atoms with E-state index in [4.69, 9.17) is 4.52 Å². The van der Waals surface area contributed by atoms with Crippen molar-refractivity contribution < 1.29 is 9.32 Å². The number of hydrogen-bond donors (Lipinski definition) is 0. The number of carbonyl (C=O) groups excluding carboxylic acids is 1. The second kappa shape index (κ2) is 17.3. The van der Waals surface area contributed by atoms with Crippen molar-refractivity contribution in [3.05, 3.63) is 12.2 Å². The summed E-state index contributed by atoms with van der Waals surface area (Å²) in [7, 11) is 0. The molecule has 0 saturated heterocycles. The third-order valence-corrected chi connectivity index (χ3v) is 14.3. The van der Waals surface area contributed by atoms with E-state index in [0.29, 0.717) is 6.42 Å². The van der Waals surface area contributed by atoms with Gasteiger partial charge in [0.05, 0.1) is 0 Å². The fraction of sp³-hybridized carbons (Fsp3) is 0.885. The second-order valence-corrected chi connectivity index (χ2v) is 15.3. The van der Waals surface area contributed by atoms with E-state index in [1.165, 1.54) is 70.6 Å². The van der Waals surface area contributed by atoms with Gasteiger partial charge in [-0.15, -0.1) is 0 Å². The van der Waals surface area contributed by atoms with E-state index in [9.17, 15) is 4.79 Å². The Morgan fingerprint density at radius 2 is 1.03 bits per heavy atom. The molecule has 0 aromatic rings. The average molecular weight is 429 g/mol. The SMILES string of the molecule is CCCCCCCC/C=C\CCCCCCCC(=O)OP(CC)(CC)(CC)CC. The van der Waals surface area contributed by atoms with Gasteiger partial charge in [0.2, 0.25) is 0 Å². The van der Waals surface area contributed by atoms with Gasteiger partial charge in [-0.3, -0.25) is 0 Å². The average Bonchev–Trinajstić information content (AvgIpc) is 2.75. The van der Waals surface area contributed by atoms with Crippen molar-refractivity contribution in [1.82, 2.24) is 0 Å². The summed E-state index contributed by atoms with van der Waals surface area (Å²) < 4.78 is 6.22. The van der Waals surface area contributed by atoms with E-state index in [0.717, 1.165) is 37.5 Å². The van der Waals surface area contributed by atoms with E-state index in [1.807, 2.05) is 0 Å². The van der Waals surface area contributed by atoms with Crippen LogP contribution in [-0.4, -0.2) is 30.6 Å². The van der Waals surface area contributed by atoms with Crippen LogP contribution >= 0.6 is 6.83 Å². The minimum atomic E-state index is -2.25. The van der Waals surface area contributed by atoms with Crippen LogP contribution in [0.4, 0.5) is 0 Å². The van der Waals surface area contributed by atoms with Crippen LogP contribution < -0.4 is 0 Å². The van der Waals surface area contributed by atoms with Crippen LogP contribution in [0.15, 0.2) is 12.2 Å². The first-order valence-corrected chi connectivity index (χ1v) is 15.8. The molecule has 0 saturated carbocycles. The van der Waals surface area contributed by atoms with Crippen molar-refractivity contribution in [2.24, 2.45) is 0 Å². The van der Waals surface area contributed by atoms with E-state index < -0.39 is 6.83 Å². The van der Waals surface area contributed by atoms with Crippen LogP contribution in [0.5, 0.6) is 0 Å². The molecule has 0 aromatic carbocycles. The van der Waals surface area contributed by atoms with Gasteiger partial charge in [-0.2, -0.15) is 0 Å². The minimum absolute atomic E-state index is 0.0627. The van der Waals surface area contributed by atoms with Gasteiger partial charge >= 0.3 is 138 Å². The summed E-state index contributed by atoms with van der Waals surface area (Å²) in [5.74, 6) is 0.0627. The predicted molar refractivity (Wildman–Crippen MR) is 135 cm³/mol. The molecule has 0 rings (SSSR count). The summed E-state index contributed by atoms with van der Waals surface area (Å²) in [6.07, 6.45) is 26.2.